The van der Waals surface area contributed by atoms with Gasteiger partial charge in [0.25, 0.3) is 11.8 Å². The maximum Gasteiger partial charge on any atom is 0.273 e. The number of nitrogens with two attached hydrogens (primary N) is 2. The topological polar surface area (TPSA) is 150 Å². The number of primary amides is 1. The average Bonchev–Trinajstić information content (AvgIpc) is 3.24. The standard InChI is InChI=1S/C23H24FN5O5S/c1-33-12-11-27-22(31)19(13-3-9-16(34-2)10-4-13)29(15-7-5-14(24)6-8-15)23(32)20-17(25)18(21(26)30)28-35-20/h3-10,19H,11-12,25H2,1-2H3,(H2,26,30)(H,27,31). The van der Waals surface area contributed by atoms with Gasteiger partial charge in [0, 0.05) is 19.3 Å². The molecule has 0 saturated carbocycles. The Morgan fingerprint density at radius 1 is 1.11 bits per heavy atom. The van der Waals surface area contributed by atoms with Crippen LogP contribution < -0.4 is 26.4 Å². The molecule has 1 atom stereocenters. The third-order valence-corrected chi connectivity index (χ3v) is 5.87. The molecule has 1 heterocycles. The van der Waals surface area contributed by atoms with Crippen molar-refractivity contribution < 1.29 is 28.2 Å². The smallest absolute Gasteiger partial charge is 0.273 e. The SMILES string of the molecule is COCCNC(=O)C(c1ccc(OC)cc1)N(C(=O)c1snc(C(N)=O)c1N)c1ccc(F)cc1. The van der Waals surface area contributed by atoms with E-state index in [-0.39, 0.29) is 35.1 Å². The number of nitrogens with zero attached hydrogens (tertiary/aromatic N) is 2. The lowest BCUT2D eigenvalue weighted by atomic mass is 10.0. The molecule has 3 rings (SSSR count). The van der Waals surface area contributed by atoms with Crippen LogP contribution in [0.25, 0.3) is 0 Å². The number of nitrogens with one attached hydrogen (secondary N) is 1. The van der Waals surface area contributed by atoms with Gasteiger partial charge in [0.1, 0.15) is 22.5 Å². The third-order valence-electron chi connectivity index (χ3n) is 5.02. The lowest BCUT2D eigenvalue weighted by molar-refractivity contribution is -0.122. The number of rotatable bonds is 10. The van der Waals surface area contributed by atoms with Crippen LogP contribution in [0, 0.1) is 5.82 Å². The Hall–Kier alpha value is -4.03. The summed E-state index contributed by atoms with van der Waals surface area (Å²) in [5.41, 5.74) is 11.5. The number of amides is 3. The van der Waals surface area contributed by atoms with Crippen LogP contribution in [-0.2, 0) is 9.53 Å². The van der Waals surface area contributed by atoms with Gasteiger partial charge >= 0.3 is 0 Å². The van der Waals surface area contributed by atoms with Gasteiger partial charge in [-0.2, -0.15) is 4.37 Å². The van der Waals surface area contributed by atoms with Crippen LogP contribution in [0.2, 0.25) is 0 Å². The molecule has 3 amide bonds. The number of benzene rings is 2. The predicted molar refractivity (Wildman–Crippen MR) is 129 cm³/mol. The van der Waals surface area contributed by atoms with Crippen molar-refractivity contribution in [1.82, 2.24) is 9.69 Å². The number of anilines is 2. The molecule has 1 aromatic heterocycles. The third kappa shape index (κ3) is 5.73. The maximum atomic E-state index is 13.8. The van der Waals surface area contributed by atoms with Crippen molar-refractivity contribution in [2.24, 2.45) is 5.73 Å². The zero-order chi connectivity index (χ0) is 25.5. The second-order valence-corrected chi connectivity index (χ2v) is 8.02. The van der Waals surface area contributed by atoms with E-state index in [2.05, 4.69) is 9.69 Å². The molecule has 0 bridgehead atoms. The lowest BCUT2D eigenvalue weighted by Crippen LogP contribution is -2.44. The first-order valence-corrected chi connectivity index (χ1v) is 11.1. The Bertz CT molecular complexity index is 1200. The molecule has 0 fully saturated rings. The molecular weight excluding hydrogens is 477 g/mol. The Balaban J connectivity index is 2.16. The highest BCUT2D eigenvalue weighted by molar-refractivity contribution is 7.09. The molecule has 0 aliphatic heterocycles. The van der Waals surface area contributed by atoms with Crippen LogP contribution in [0.15, 0.2) is 48.5 Å². The molecular formula is C23H24FN5O5S. The highest BCUT2D eigenvalue weighted by Crippen LogP contribution is 2.33. The van der Waals surface area contributed by atoms with Gasteiger partial charge in [-0.1, -0.05) is 12.1 Å². The van der Waals surface area contributed by atoms with Crippen LogP contribution in [0.3, 0.4) is 0 Å². The van der Waals surface area contributed by atoms with E-state index >= 15 is 0 Å². The normalized spacial score (nSPS) is 11.5. The lowest BCUT2D eigenvalue weighted by Gasteiger charge is -2.31. The van der Waals surface area contributed by atoms with Crippen molar-refractivity contribution in [2.75, 3.05) is 38.0 Å². The highest BCUT2D eigenvalue weighted by atomic mass is 32.1. The van der Waals surface area contributed by atoms with E-state index in [0.29, 0.717) is 22.8 Å². The fraction of sp³-hybridized carbons (Fsp3) is 0.217. The molecule has 0 radical (unpaired) electrons. The van der Waals surface area contributed by atoms with E-state index in [1.165, 1.54) is 26.4 Å². The van der Waals surface area contributed by atoms with Gasteiger partial charge in [-0.05, 0) is 53.5 Å². The number of hydrogen-bond acceptors (Lipinski definition) is 8. The van der Waals surface area contributed by atoms with Gasteiger partial charge in [-0.25, -0.2) is 4.39 Å². The summed E-state index contributed by atoms with van der Waals surface area (Å²) in [7, 11) is 2.99. The Morgan fingerprint density at radius 3 is 2.31 bits per heavy atom. The first kappa shape index (κ1) is 25.6. The molecule has 12 heteroatoms. The minimum absolute atomic E-state index is 0.0914. The zero-order valence-corrected chi connectivity index (χ0v) is 19.8. The predicted octanol–water partition coefficient (Wildman–Crippen LogP) is 2.12. The number of carbonyl (C=O) groups excluding carboxylic acids is 3. The van der Waals surface area contributed by atoms with Crippen LogP contribution in [0.1, 0.15) is 31.8 Å². The summed E-state index contributed by atoms with van der Waals surface area (Å²) in [5, 5.41) is 2.74. The summed E-state index contributed by atoms with van der Waals surface area (Å²) >= 11 is 0.678. The van der Waals surface area contributed by atoms with E-state index in [4.69, 9.17) is 20.9 Å². The molecule has 2 aromatic carbocycles. The fourth-order valence-corrected chi connectivity index (χ4v) is 4.04. The summed E-state index contributed by atoms with van der Waals surface area (Å²) < 4.78 is 27.8. The van der Waals surface area contributed by atoms with Crippen molar-refractivity contribution in [1.29, 1.82) is 0 Å². The number of methoxy groups -OCH3 is 2. The quantitative estimate of drug-likeness (QED) is 0.360. The number of halogens is 1. The monoisotopic (exact) mass is 501 g/mol. The Morgan fingerprint density at radius 2 is 1.77 bits per heavy atom. The van der Waals surface area contributed by atoms with Crippen molar-refractivity contribution in [3.05, 3.63) is 70.5 Å². The van der Waals surface area contributed by atoms with Crippen molar-refractivity contribution in [2.45, 2.75) is 6.04 Å². The number of aromatic nitrogens is 1. The minimum atomic E-state index is -1.20. The molecule has 0 aliphatic rings. The van der Waals surface area contributed by atoms with Gasteiger partial charge in [-0.3, -0.25) is 19.3 Å². The average molecular weight is 502 g/mol. The first-order valence-electron chi connectivity index (χ1n) is 10.3. The summed E-state index contributed by atoms with van der Waals surface area (Å²) in [5.74, 6) is -2.12. The maximum absolute atomic E-state index is 13.8. The molecule has 0 spiro atoms. The van der Waals surface area contributed by atoms with Gasteiger partial charge in [-0.15, -0.1) is 0 Å². The van der Waals surface area contributed by atoms with Gasteiger partial charge < -0.3 is 26.3 Å². The van der Waals surface area contributed by atoms with Gasteiger partial charge in [0.05, 0.1) is 19.4 Å². The van der Waals surface area contributed by atoms with Crippen molar-refractivity contribution >= 4 is 40.6 Å². The van der Waals surface area contributed by atoms with Gasteiger partial charge in [0.15, 0.2) is 5.69 Å². The second kappa shape index (κ2) is 11.4. The Kier molecular flexibility index (Phi) is 8.34. The minimum Gasteiger partial charge on any atom is -0.497 e. The van der Waals surface area contributed by atoms with Crippen LogP contribution in [0.5, 0.6) is 5.75 Å². The van der Waals surface area contributed by atoms with E-state index < -0.39 is 29.6 Å². The molecule has 1 unspecified atom stereocenters. The highest BCUT2D eigenvalue weighted by Gasteiger charge is 2.36. The van der Waals surface area contributed by atoms with E-state index in [0.717, 1.165) is 17.0 Å². The number of ether oxygens (including phenoxy) is 2. The molecule has 184 valence electrons. The Labute approximate surface area is 204 Å². The molecule has 10 nitrogen and oxygen atoms in total. The van der Waals surface area contributed by atoms with Crippen molar-refractivity contribution in [3.63, 3.8) is 0 Å². The summed E-state index contributed by atoms with van der Waals surface area (Å²) in [6.45, 7) is 0.428. The fourth-order valence-electron chi connectivity index (χ4n) is 3.30. The summed E-state index contributed by atoms with van der Waals surface area (Å²) in [6, 6.07) is 10.4. The van der Waals surface area contributed by atoms with Gasteiger partial charge in [0.2, 0.25) is 5.91 Å². The summed E-state index contributed by atoms with van der Waals surface area (Å²) in [6.07, 6.45) is 0. The number of carbonyl (C=O) groups is 3. The zero-order valence-electron chi connectivity index (χ0n) is 19.0. The second-order valence-electron chi connectivity index (χ2n) is 7.25. The van der Waals surface area contributed by atoms with Crippen molar-refractivity contribution in [3.8, 4) is 5.75 Å². The molecule has 0 aliphatic carbocycles. The number of hydrogen-bond donors (Lipinski definition) is 3. The molecule has 0 saturated heterocycles. The molecule has 5 N–H and O–H groups in total. The van der Waals surface area contributed by atoms with E-state index in [1.807, 2.05) is 0 Å². The van der Waals surface area contributed by atoms with E-state index in [9.17, 15) is 18.8 Å². The summed E-state index contributed by atoms with van der Waals surface area (Å²) in [4.78, 5) is 39.9. The van der Waals surface area contributed by atoms with Crippen LogP contribution in [-0.4, -0.2) is 49.5 Å². The largest absolute Gasteiger partial charge is 0.497 e. The van der Waals surface area contributed by atoms with Crippen LogP contribution >= 0.6 is 11.5 Å². The molecule has 35 heavy (non-hydrogen) atoms. The van der Waals surface area contributed by atoms with Crippen LogP contribution in [0.4, 0.5) is 15.8 Å². The first-order chi connectivity index (χ1) is 16.8. The van der Waals surface area contributed by atoms with E-state index in [1.54, 1.807) is 24.3 Å². The molecule has 3 aromatic rings. The number of nitrogen functional groups attached to an aromatic ring is 1.